The minimum atomic E-state index is -4.43. The van der Waals surface area contributed by atoms with Crippen LogP contribution in [0.5, 0.6) is 0 Å². The molecule has 0 radical (unpaired) electrons. The van der Waals surface area contributed by atoms with E-state index in [1.165, 1.54) is 18.3 Å². The number of benzene rings is 2. The predicted octanol–water partition coefficient (Wildman–Crippen LogP) is 4.90. The number of H-pyrrole nitrogens is 1. The monoisotopic (exact) mass is 382 g/mol. The van der Waals surface area contributed by atoms with Crippen molar-refractivity contribution in [3.05, 3.63) is 78.1 Å². The number of fused-ring (bicyclic) bond motifs is 1. The number of halogens is 3. The Morgan fingerprint density at radius 1 is 1.00 bits per heavy atom. The topological polar surface area (TPSA) is 70.7 Å². The number of nitrogens with zero attached hydrogens (tertiary/aromatic N) is 2. The lowest BCUT2D eigenvalue weighted by Crippen LogP contribution is -2.13. The van der Waals surface area contributed by atoms with Gasteiger partial charge < -0.3 is 5.32 Å². The number of alkyl halides is 3. The molecule has 0 aliphatic carbocycles. The van der Waals surface area contributed by atoms with Gasteiger partial charge in [0.05, 0.1) is 22.5 Å². The van der Waals surface area contributed by atoms with Gasteiger partial charge in [0.15, 0.2) is 0 Å². The SMILES string of the molecule is O=C(Nc1cccc2ccc(-c3cccc(C(F)(F)F)c3)nc12)c1cc[nH]n1. The van der Waals surface area contributed by atoms with Crippen molar-refractivity contribution in [2.45, 2.75) is 6.18 Å². The molecule has 0 spiro atoms. The Balaban J connectivity index is 1.75. The molecule has 5 nitrogen and oxygen atoms in total. The summed E-state index contributed by atoms with van der Waals surface area (Å²) in [5.41, 5.74) is 1.10. The predicted molar refractivity (Wildman–Crippen MR) is 98.7 cm³/mol. The first-order chi connectivity index (χ1) is 13.4. The molecule has 2 aromatic carbocycles. The quantitative estimate of drug-likeness (QED) is 0.530. The molecule has 0 aliphatic heterocycles. The maximum absolute atomic E-state index is 13.0. The molecule has 2 heterocycles. The van der Waals surface area contributed by atoms with E-state index in [2.05, 4.69) is 20.5 Å². The van der Waals surface area contributed by atoms with E-state index in [1.54, 1.807) is 30.3 Å². The summed E-state index contributed by atoms with van der Waals surface area (Å²) in [6.45, 7) is 0. The number of aromatic nitrogens is 3. The van der Waals surface area contributed by atoms with E-state index in [4.69, 9.17) is 0 Å². The van der Waals surface area contributed by atoms with E-state index in [9.17, 15) is 18.0 Å². The maximum atomic E-state index is 13.0. The number of carbonyl (C=O) groups is 1. The molecule has 4 rings (SSSR count). The van der Waals surface area contributed by atoms with E-state index in [0.717, 1.165) is 17.5 Å². The zero-order valence-electron chi connectivity index (χ0n) is 14.3. The fourth-order valence-corrected chi connectivity index (χ4v) is 2.84. The Bertz CT molecular complexity index is 1150. The van der Waals surface area contributed by atoms with Gasteiger partial charge in [-0.1, -0.05) is 30.3 Å². The molecule has 0 fully saturated rings. The number of pyridine rings is 1. The molecule has 8 heteroatoms. The molecule has 140 valence electrons. The van der Waals surface area contributed by atoms with Gasteiger partial charge in [-0.2, -0.15) is 18.3 Å². The van der Waals surface area contributed by atoms with Gasteiger partial charge in [-0.05, 0) is 30.3 Å². The molecule has 4 aromatic rings. The van der Waals surface area contributed by atoms with E-state index in [0.29, 0.717) is 22.5 Å². The van der Waals surface area contributed by atoms with Crippen LogP contribution in [0, 0.1) is 0 Å². The van der Waals surface area contributed by atoms with Gasteiger partial charge in [-0.3, -0.25) is 9.89 Å². The molecular weight excluding hydrogens is 369 g/mol. The third-order valence-corrected chi connectivity index (χ3v) is 4.19. The molecule has 0 saturated carbocycles. The van der Waals surface area contributed by atoms with Crippen LogP contribution in [-0.4, -0.2) is 21.1 Å². The van der Waals surface area contributed by atoms with Crippen LogP contribution in [0.15, 0.2) is 66.9 Å². The molecule has 0 unspecified atom stereocenters. The van der Waals surface area contributed by atoms with Crippen molar-refractivity contribution in [1.82, 2.24) is 15.2 Å². The van der Waals surface area contributed by atoms with Crippen molar-refractivity contribution < 1.29 is 18.0 Å². The highest BCUT2D eigenvalue weighted by Crippen LogP contribution is 2.32. The van der Waals surface area contributed by atoms with Crippen molar-refractivity contribution >= 4 is 22.5 Å². The smallest absolute Gasteiger partial charge is 0.319 e. The van der Waals surface area contributed by atoms with E-state index in [-0.39, 0.29) is 5.69 Å². The van der Waals surface area contributed by atoms with E-state index in [1.807, 2.05) is 6.07 Å². The standard InChI is InChI=1S/C20H13F3N4O/c21-20(22,23)14-5-1-4-13(11-14)15-8-7-12-3-2-6-16(18(12)25-15)26-19(28)17-9-10-24-27-17/h1-11H,(H,24,27)(H,26,28). The van der Waals surface area contributed by atoms with Crippen LogP contribution in [-0.2, 0) is 6.18 Å². The van der Waals surface area contributed by atoms with Crippen LogP contribution in [0.25, 0.3) is 22.2 Å². The lowest BCUT2D eigenvalue weighted by molar-refractivity contribution is -0.137. The zero-order valence-corrected chi connectivity index (χ0v) is 14.3. The van der Waals surface area contributed by atoms with E-state index >= 15 is 0 Å². The second-order valence-corrected chi connectivity index (χ2v) is 6.07. The Morgan fingerprint density at radius 2 is 1.82 bits per heavy atom. The molecule has 1 amide bonds. The first-order valence-electron chi connectivity index (χ1n) is 8.30. The number of anilines is 1. The molecule has 0 saturated heterocycles. The number of hydrogen-bond donors (Lipinski definition) is 2. The number of carbonyl (C=O) groups excluding carboxylic acids is 1. The molecular formula is C20H13F3N4O. The fourth-order valence-electron chi connectivity index (χ4n) is 2.84. The second kappa shape index (κ2) is 6.80. The lowest BCUT2D eigenvalue weighted by atomic mass is 10.1. The van der Waals surface area contributed by atoms with Gasteiger partial charge in [0.1, 0.15) is 5.69 Å². The number of rotatable bonds is 3. The number of aromatic amines is 1. The minimum Gasteiger partial charge on any atom is -0.319 e. The minimum absolute atomic E-state index is 0.214. The van der Waals surface area contributed by atoms with Gasteiger partial charge in [-0.25, -0.2) is 4.98 Å². The summed E-state index contributed by atoms with van der Waals surface area (Å²) in [5.74, 6) is -0.417. The third kappa shape index (κ3) is 3.44. The Morgan fingerprint density at radius 3 is 2.57 bits per heavy atom. The molecule has 0 bridgehead atoms. The summed E-state index contributed by atoms with van der Waals surface area (Å²) in [7, 11) is 0. The van der Waals surface area contributed by atoms with Crippen LogP contribution < -0.4 is 5.32 Å². The van der Waals surface area contributed by atoms with Crippen molar-refractivity contribution in [3.63, 3.8) is 0 Å². The van der Waals surface area contributed by atoms with Gasteiger partial charge in [0.25, 0.3) is 5.91 Å². The zero-order chi connectivity index (χ0) is 19.7. The largest absolute Gasteiger partial charge is 0.416 e. The number of nitrogens with one attached hydrogen (secondary N) is 2. The highest BCUT2D eigenvalue weighted by atomic mass is 19.4. The molecule has 2 N–H and O–H groups in total. The molecule has 0 aliphatic rings. The summed E-state index contributed by atoms with van der Waals surface area (Å²) >= 11 is 0. The first-order valence-corrected chi connectivity index (χ1v) is 8.30. The molecule has 2 aromatic heterocycles. The van der Waals surface area contributed by atoms with E-state index < -0.39 is 17.6 Å². The summed E-state index contributed by atoms with van der Waals surface area (Å²) in [5, 5.41) is 9.87. The maximum Gasteiger partial charge on any atom is 0.416 e. The molecule has 0 atom stereocenters. The Labute approximate surface area is 157 Å². The number of hydrogen-bond acceptors (Lipinski definition) is 3. The van der Waals surface area contributed by atoms with Crippen LogP contribution >= 0.6 is 0 Å². The average molecular weight is 382 g/mol. The summed E-state index contributed by atoms with van der Waals surface area (Å²) < 4.78 is 39.0. The van der Waals surface area contributed by atoms with Crippen molar-refractivity contribution in [2.24, 2.45) is 0 Å². The number of amides is 1. The summed E-state index contributed by atoms with van der Waals surface area (Å²) in [4.78, 5) is 16.8. The normalized spacial score (nSPS) is 11.5. The van der Waals surface area contributed by atoms with Gasteiger partial charge in [0, 0.05) is 17.1 Å². The van der Waals surface area contributed by atoms with Crippen molar-refractivity contribution in [1.29, 1.82) is 0 Å². The average Bonchev–Trinajstić information content (AvgIpc) is 3.22. The summed E-state index contributed by atoms with van der Waals surface area (Å²) in [6.07, 6.45) is -2.91. The second-order valence-electron chi connectivity index (χ2n) is 6.07. The van der Waals surface area contributed by atoms with Gasteiger partial charge >= 0.3 is 6.18 Å². The fraction of sp³-hybridized carbons (Fsp3) is 0.0500. The van der Waals surface area contributed by atoms with Crippen LogP contribution in [0.2, 0.25) is 0 Å². The van der Waals surface area contributed by atoms with Gasteiger partial charge in [0.2, 0.25) is 0 Å². The van der Waals surface area contributed by atoms with Crippen LogP contribution in [0.3, 0.4) is 0 Å². The van der Waals surface area contributed by atoms with Crippen molar-refractivity contribution in [3.8, 4) is 11.3 Å². The number of para-hydroxylation sites is 1. The first kappa shape index (κ1) is 17.7. The lowest BCUT2D eigenvalue weighted by Gasteiger charge is -2.11. The van der Waals surface area contributed by atoms with Crippen LogP contribution in [0.1, 0.15) is 16.1 Å². The van der Waals surface area contributed by atoms with Crippen molar-refractivity contribution in [2.75, 3.05) is 5.32 Å². The van der Waals surface area contributed by atoms with Crippen LogP contribution in [0.4, 0.5) is 18.9 Å². The Hall–Kier alpha value is -3.68. The highest BCUT2D eigenvalue weighted by molar-refractivity contribution is 6.07. The molecule has 28 heavy (non-hydrogen) atoms. The third-order valence-electron chi connectivity index (χ3n) is 4.19. The van der Waals surface area contributed by atoms with Gasteiger partial charge in [-0.15, -0.1) is 0 Å². The summed E-state index contributed by atoms with van der Waals surface area (Å²) in [6, 6.07) is 15.1. The Kier molecular flexibility index (Phi) is 4.31. The highest BCUT2D eigenvalue weighted by Gasteiger charge is 2.30.